The first-order valence-electron chi connectivity index (χ1n) is 5.86. The summed E-state index contributed by atoms with van der Waals surface area (Å²) in [6.07, 6.45) is 1.91. The number of hydrogen-bond donors (Lipinski definition) is 1. The molecule has 1 N–H and O–H groups in total. The number of nitrogens with zero attached hydrogens (tertiary/aromatic N) is 2. The molecule has 1 atom stereocenters. The molecule has 100 valence electrons. The average Bonchev–Trinajstić information content (AvgIpc) is 2.91. The summed E-state index contributed by atoms with van der Waals surface area (Å²) in [6, 6.07) is 7.88. The van der Waals surface area contributed by atoms with E-state index in [9.17, 15) is 8.42 Å². The number of aromatic nitrogens is 2. The number of sulfone groups is 1. The van der Waals surface area contributed by atoms with Crippen molar-refractivity contribution >= 4 is 15.5 Å². The lowest BCUT2D eigenvalue weighted by Gasteiger charge is -2.04. The highest BCUT2D eigenvalue weighted by molar-refractivity contribution is 7.89. The molecule has 2 heterocycles. The lowest BCUT2D eigenvalue weighted by molar-refractivity contribution is 0.360. The average molecular weight is 279 g/mol. The summed E-state index contributed by atoms with van der Waals surface area (Å²) in [5.41, 5.74) is 2.24. The lowest BCUT2D eigenvalue weighted by Crippen LogP contribution is -2.07. The van der Waals surface area contributed by atoms with E-state index in [4.69, 9.17) is 4.52 Å². The van der Waals surface area contributed by atoms with Gasteiger partial charge in [-0.1, -0.05) is 23.4 Å². The van der Waals surface area contributed by atoms with Crippen LogP contribution in [-0.4, -0.2) is 24.8 Å². The standard InChI is InChI=1S/C12H13N3O3S/c1-19(16,17)7-11-14-12(18-15-11)10-6-8-4-2-3-5-9(8)13-10/h2-5,10,13H,6-7H2,1H3/t10-/m0/s1. The first kappa shape index (κ1) is 12.2. The summed E-state index contributed by atoms with van der Waals surface area (Å²) >= 11 is 0. The second-order valence-corrected chi connectivity index (χ2v) is 6.82. The van der Waals surface area contributed by atoms with Gasteiger partial charge in [0.15, 0.2) is 15.7 Å². The zero-order chi connectivity index (χ0) is 13.5. The maximum Gasteiger partial charge on any atom is 0.249 e. The van der Waals surface area contributed by atoms with Crippen molar-refractivity contribution in [2.75, 3.05) is 11.6 Å². The Hall–Kier alpha value is -1.89. The monoisotopic (exact) mass is 279 g/mol. The highest BCUT2D eigenvalue weighted by Gasteiger charge is 2.26. The number of fused-ring (bicyclic) bond motifs is 1. The van der Waals surface area contributed by atoms with E-state index in [0.29, 0.717) is 5.89 Å². The Bertz CT molecular complexity index is 684. The van der Waals surface area contributed by atoms with Gasteiger partial charge in [-0.25, -0.2) is 8.42 Å². The van der Waals surface area contributed by atoms with E-state index in [1.165, 1.54) is 5.56 Å². The second kappa shape index (κ2) is 4.34. The molecule has 2 aromatic rings. The SMILES string of the molecule is CS(=O)(=O)Cc1noc([C@@H]2Cc3ccccc3N2)n1. The molecule has 0 bridgehead atoms. The van der Waals surface area contributed by atoms with Crippen LogP contribution >= 0.6 is 0 Å². The smallest absolute Gasteiger partial charge is 0.249 e. The zero-order valence-electron chi connectivity index (χ0n) is 10.3. The van der Waals surface area contributed by atoms with Gasteiger partial charge in [0, 0.05) is 18.4 Å². The van der Waals surface area contributed by atoms with Gasteiger partial charge in [0.2, 0.25) is 5.89 Å². The van der Waals surface area contributed by atoms with E-state index in [1.807, 2.05) is 24.3 Å². The lowest BCUT2D eigenvalue weighted by atomic mass is 10.1. The number of nitrogens with one attached hydrogen (secondary N) is 1. The molecule has 1 aromatic heterocycles. The van der Waals surface area contributed by atoms with Gasteiger partial charge in [-0.2, -0.15) is 4.98 Å². The molecule has 1 aliphatic heterocycles. The van der Waals surface area contributed by atoms with Gasteiger partial charge in [-0.15, -0.1) is 0 Å². The van der Waals surface area contributed by atoms with E-state index in [1.54, 1.807) is 0 Å². The highest BCUT2D eigenvalue weighted by Crippen LogP contribution is 2.32. The summed E-state index contributed by atoms with van der Waals surface area (Å²) in [7, 11) is -3.15. The van der Waals surface area contributed by atoms with Crippen LogP contribution in [0.1, 0.15) is 23.3 Å². The summed E-state index contributed by atoms with van der Waals surface area (Å²) in [5, 5.41) is 6.98. The van der Waals surface area contributed by atoms with Crippen molar-refractivity contribution in [3.05, 3.63) is 41.5 Å². The van der Waals surface area contributed by atoms with Gasteiger partial charge in [0.25, 0.3) is 0 Å². The molecule has 1 aliphatic rings. The first-order valence-corrected chi connectivity index (χ1v) is 7.92. The van der Waals surface area contributed by atoms with Crippen molar-refractivity contribution in [2.24, 2.45) is 0 Å². The molecule has 3 rings (SSSR count). The Morgan fingerprint density at radius 1 is 1.42 bits per heavy atom. The highest BCUT2D eigenvalue weighted by atomic mass is 32.2. The predicted molar refractivity (Wildman–Crippen MR) is 69.4 cm³/mol. The molecule has 19 heavy (non-hydrogen) atoms. The topological polar surface area (TPSA) is 85.1 Å². The molecule has 7 heteroatoms. The predicted octanol–water partition coefficient (Wildman–Crippen LogP) is 1.32. The molecule has 0 unspecified atom stereocenters. The fourth-order valence-electron chi connectivity index (χ4n) is 2.15. The Morgan fingerprint density at radius 3 is 2.95 bits per heavy atom. The molecule has 1 aromatic carbocycles. The van der Waals surface area contributed by atoms with Crippen molar-refractivity contribution in [2.45, 2.75) is 18.2 Å². The van der Waals surface area contributed by atoms with Crippen LogP contribution in [0.5, 0.6) is 0 Å². The second-order valence-electron chi connectivity index (χ2n) is 4.68. The Labute approximate surface area is 110 Å². The Balaban J connectivity index is 1.79. The van der Waals surface area contributed by atoms with Crippen molar-refractivity contribution in [3.8, 4) is 0 Å². The maximum absolute atomic E-state index is 11.2. The largest absolute Gasteiger partial charge is 0.373 e. The number of rotatable bonds is 3. The molecule has 0 saturated heterocycles. The Kier molecular flexibility index (Phi) is 2.78. The zero-order valence-corrected chi connectivity index (χ0v) is 11.1. The third-order valence-electron chi connectivity index (χ3n) is 2.94. The third-order valence-corrected chi connectivity index (χ3v) is 3.73. The molecule has 6 nitrogen and oxygen atoms in total. The molecule has 0 spiro atoms. The van der Waals surface area contributed by atoms with Crippen molar-refractivity contribution in [1.29, 1.82) is 0 Å². The number of anilines is 1. The third kappa shape index (κ3) is 2.60. The van der Waals surface area contributed by atoms with Gasteiger partial charge in [-0.05, 0) is 11.6 Å². The number of benzene rings is 1. The fourth-order valence-corrected chi connectivity index (χ4v) is 2.74. The van der Waals surface area contributed by atoms with Gasteiger partial charge in [0.1, 0.15) is 11.8 Å². The first-order chi connectivity index (χ1) is 9.01. The molecular weight excluding hydrogens is 266 g/mol. The van der Waals surface area contributed by atoms with Crippen LogP contribution in [0.25, 0.3) is 0 Å². The molecule has 0 fully saturated rings. The summed E-state index contributed by atoms with van der Waals surface area (Å²) in [5.74, 6) is 0.431. The van der Waals surface area contributed by atoms with Crippen LogP contribution in [0.4, 0.5) is 5.69 Å². The number of hydrogen-bond acceptors (Lipinski definition) is 6. The molecular formula is C12H13N3O3S. The van der Waals surface area contributed by atoms with Crippen LogP contribution in [0.2, 0.25) is 0 Å². The summed E-state index contributed by atoms with van der Waals surface area (Å²) in [4.78, 5) is 4.14. The van der Waals surface area contributed by atoms with E-state index in [0.717, 1.165) is 18.4 Å². The van der Waals surface area contributed by atoms with Gasteiger partial charge in [0.05, 0.1) is 0 Å². The van der Waals surface area contributed by atoms with Crippen LogP contribution in [-0.2, 0) is 22.0 Å². The van der Waals surface area contributed by atoms with E-state index in [-0.39, 0.29) is 17.6 Å². The molecule has 0 amide bonds. The van der Waals surface area contributed by atoms with Crippen LogP contribution in [0.3, 0.4) is 0 Å². The minimum atomic E-state index is -3.15. The van der Waals surface area contributed by atoms with Crippen molar-refractivity contribution < 1.29 is 12.9 Å². The Morgan fingerprint density at radius 2 is 2.21 bits per heavy atom. The molecule has 0 radical (unpaired) electrons. The van der Waals surface area contributed by atoms with Gasteiger partial charge in [-0.3, -0.25) is 0 Å². The maximum atomic E-state index is 11.2. The van der Waals surface area contributed by atoms with Gasteiger partial charge >= 0.3 is 0 Å². The van der Waals surface area contributed by atoms with Gasteiger partial charge < -0.3 is 9.84 Å². The summed E-state index contributed by atoms with van der Waals surface area (Å²) < 4.78 is 27.5. The van der Waals surface area contributed by atoms with Crippen LogP contribution in [0.15, 0.2) is 28.8 Å². The van der Waals surface area contributed by atoms with Crippen molar-refractivity contribution in [3.63, 3.8) is 0 Å². The van der Waals surface area contributed by atoms with Crippen LogP contribution in [0, 0.1) is 0 Å². The molecule has 0 aliphatic carbocycles. The van der Waals surface area contributed by atoms with E-state index < -0.39 is 9.84 Å². The van der Waals surface area contributed by atoms with E-state index >= 15 is 0 Å². The minimum absolute atomic E-state index is 0.0850. The normalized spacial score (nSPS) is 18.1. The van der Waals surface area contributed by atoms with Crippen LogP contribution < -0.4 is 5.32 Å². The minimum Gasteiger partial charge on any atom is -0.373 e. The quantitative estimate of drug-likeness (QED) is 0.912. The number of para-hydroxylation sites is 1. The van der Waals surface area contributed by atoms with E-state index in [2.05, 4.69) is 15.5 Å². The molecule has 0 saturated carbocycles. The summed E-state index contributed by atoms with van der Waals surface area (Å²) in [6.45, 7) is 0. The fraction of sp³-hybridized carbons (Fsp3) is 0.333. The van der Waals surface area contributed by atoms with Crippen molar-refractivity contribution in [1.82, 2.24) is 10.1 Å².